The summed E-state index contributed by atoms with van der Waals surface area (Å²) in [5.41, 5.74) is 2.72. The first-order valence-electron chi connectivity index (χ1n) is 6.39. The summed E-state index contributed by atoms with van der Waals surface area (Å²) in [5, 5.41) is 3.06. The maximum atomic E-state index is 11.9. The molecule has 20 heavy (non-hydrogen) atoms. The van der Waals surface area contributed by atoms with E-state index >= 15 is 0 Å². The molecular weight excluding hydrogens is 254 g/mol. The predicted octanol–water partition coefficient (Wildman–Crippen LogP) is 3.51. The Morgan fingerprint density at radius 1 is 1.20 bits per heavy atom. The molecule has 0 fully saturated rings. The van der Waals surface area contributed by atoms with Crippen molar-refractivity contribution in [2.75, 3.05) is 5.32 Å². The molecule has 0 saturated carbocycles. The van der Waals surface area contributed by atoms with Crippen LogP contribution in [0.1, 0.15) is 34.2 Å². The Kier molecular flexibility index (Phi) is 3.74. The summed E-state index contributed by atoms with van der Waals surface area (Å²) in [5.74, 6) is 0.357. The first kappa shape index (κ1) is 14.1. The minimum atomic E-state index is -0.325. The molecule has 104 valence electrons. The van der Waals surface area contributed by atoms with Gasteiger partial charge in [-0.2, -0.15) is 0 Å². The molecule has 4 nitrogen and oxygen atoms in total. The fourth-order valence-corrected chi connectivity index (χ4v) is 2.04. The number of rotatable bonds is 3. The van der Waals surface area contributed by atoms with Crippen LogP contribution in [0.3, 0.4) is 0 Å². The van der Waals surface area contributed by atoms with Gasteiger partial charge in [-0.3, -0.25) is 9.59 Å². The third kappa shape index (κ3) is 2.64. The van der Waals surface area contributed by atoms with Gasteiger partial charge in [-0.05, 0) is 44.9 Å². The highest BCUT2D eigenvalue weighted by atomic mass is 16.4. The smallest absolute Gasteiger partial charge is 0.212 e. The largest absolute Gasteiger partial charge is 0.445 e. The number of hydrogen-bond acceptors (Lipinski definition) is 4. The number of hydrogen-bond donors (Lipinski definition) is 1. The molecule has 0 unspecified atom stereocenters. The maximum absolute atomic E-state index is 11.9. The zero-order valence-electron chi connectivity index (χ0n) is 12.0. The van der Waals surface area contributed by atoms with Crippen LogP contribution in [-0.2, 0) is 0 Å². The number of nitrogens with one attached hydrogen (secondary N) is 1. The third-order valence-corrected chi connectivity index (χ3v) is 3.28. The molecule has 0 amide bonds. The van der Waals surface area contributed by atoms with Crippen LogP contribution < -0.4 is 10.7 Å². The molecule has 1 heterocycles. The third-order valence-electron chi connectivity index (χ3n) is 3.28. The highest BCUT2D eigenvalue weighted by Gasteiger charge is 2.16. The molecule has 0 saturated heterocycles. The number of carbonyl (C=O) groups is 1. The van der Waals surface area contributed by atoms with Gasteiger partial charge in [-0.15, -0.1) is 0 Å². The van der Waals surface area contributed by atoms with Crippen LogP contribution in [0.5, 0.6) is 0 Å². The van der Waals surface area contributed by atoms with E-state index in [4.69, 9.17) is 4.42 Å². The number of Topliss-reactive ketones (excluding diaryl/α,β-unsaturated/α-hetero) is 1. The minimum absolute atomic E-state index is 0.0523. The van der Waals surface area contributed by atoms with E-state index in [-0.39, 0.29) is 22.7 Å². The van der Waals surface area contributed by atoms with Gasteiger partial charge in [0.05, 0.1) is 0 Å². The van der Waals surface area contributed by atoms with Crippen LogP contribution >= 0.6 is 0 Å². The second-order valence-electron chi connectivity index (χ2n) is 4.85. The lowest BCUT2D eigenvalue weighted by Gasteiger charge is -2.12. The number of ketones is 1. The number of aryl methyl sites for hydroxylation is 2. The van der Waals surface area contributed by atoms with Crippen LogP contribution in [0.4, 0.5) is 11.6 Å². The molecule has 0 bridgehead atoms. The standard InChI is InChI=1S/C16H17NO3/c1-9-6-5-7-13(11(9)3)17-16-15(12(4)18)14(19)8-10(2)20-16/h5-8,17H,1-4H3. The predicted molar refractivity (Wildman–Crippen MR) is 78.9 cm³/mol. The van der Waals surface area contributed by atoms with Crippen molar-refractivity contribution in [3.05, 3.63) is 56.9 Å². The van der Waals surface area contributed by atoms with Gasteiger partial charge < -0.3 is 9.73 Å². The van der Waals surface area contributed by atoms with E-state index in [9.17, 15) is 9.59 Å². The Morgan fingerprint density at radius 3 is 2.55 bits per heavy atom. The minimum Gasteiger partial charge on any atom is -0.445 e. The van der Waals surface area contributed by atoms with E-state index in [1.165, 1.54) is 13.0 Å². The summed E-state index contributed by atoms with van der Waals surface area (Å²) < 4.78 is 5.52. The summed E-state index contributed by atoms with van der Waals surface area (Å²) >= 11 is 0. The molecule has 2 aromatic rings. The van der Waals surface area contributed by atoms with Crippen molar-refractivity contribution in [3.8, 4) is 0 Å². The van der Waals surface area contributed by atoms with E-state index in [2.05, 4.69) is 5.32 Å². The fraction of sp³-hybridized carbons (Fsp3) is 0.250. The number of benzene rings is 1. The Balaban J connectivity index is 2.56. The molecule has 4 heteroatoms. The van der Waals surface area contributed by atoms with Gasteiger partial charge in [0, 0.05) is 11.8 Å². The molecule has 0 radical (unpaired) electrons. The Morgan fingerprint density at radius 2 is 1.90 bits per heavy atom. The van der Waals surface area contributed by atoms with E-state index in [1.54, 1.807) is 6.92 Å². The zero-order chi connectivity index (χ0) is 14.9. The summed E-state index contributed by atoms with van der Waals surface area (Å²) in [6.07, 6.45) is 0. The number of anilines is 2. The summed E-state index contributed by atoms with van der Waals surface area (Å²) in [6.45, 7) is 7.01. The second-order valence-corrected chi connectivity index (χ2v) is 4.85. The van der Waals surface area contributed by atoms with Crippen molar-refractivity contribution in [3.63, 3.8) is 0 Å². The summed E-state index contributed by atoms with van der Waals surface area (Å²) in [4.78, 5) is 23.6. The molecule has 0 aliphatic heterocycles. The molecule has 1 N–H and O–H groups in total. The lowest BCUT2D eigenvalue weighted by atomic mass is 10.1. The highest BCUT2D eigenvalue weighted by Crippen LogP contribution is 2.24. The van der Waals surface area contributed by atoms with Crippen molar-refractivity contribution in [1.82, 2.24) is 0 Å². The van der Waals surface area contributed by atoms with Crippen molar-refractivity contribution in [2.45, 2.75) is 27.7 Å². The van der Waals surface area contributed by atoms with Gasteiger partial charge in [-0.25, -0.2) is 0 Å². The van der Waals surface area contributed by atoms with Crippen molar-refractivity contribution >= 4 is 17.4 Å². The van der Waals surface area contributed by atoms with Gasteiger partial charge in [0.2, 0.25) is 5.88 Å². The quantitative estimate of drug-likeness (QED) is 0.868. The van der Waals surface area contributed by atoms with E-state index in [1.807, 2.05) is 32.0 Å². The van der Waals surface area contributed by atoms with E-state index < -0.39 is 0 Å². The lowest BCUT2D eigenvalue weighted by Crippen LogP contribution is -2.15. The van der Waals surface area contributed by atoms with Crippen LogP contribution in [0.2, 0.25) is 0 Å². The van der Waals surface area contributed by atoms with Crippen molar-refractivity contribution in [2.24, 2.45) is 0 Å². The molecule has 1 aromatic carbocycles. The number of carbonyl (C=O) groups excluding carboxylic acids is 1. The average Bonchev–Trinajstić information content (AvgIpc) is 2.33. The van der Waals surface area contributed by atoms with Crippen LogP contribution in [0.15, 0.2) is 33.5 Å². The topological polar surface area (TPSA) is 59.3 Å². The molecule has 0 atom stereocenters. The lowest BCUT2D eigenvalue weighted by molar-refractivity contribution is 0.101. The zero-order valence-corrected chi connectivity index (χ0v) is 12.0. The monoisotopic (exact) mass is 271 g/mol. The Labute approximate surface area is 117 Å². The van der Waals surface area contributed by atoms with Gasteiger partial charge in [0.15, 0.2) is 11.2 Å². The van der Waals surface area contributed by atoms with Crippen molar-refractivity contribution in [1.29, 1.82) is 0 Å². The Bertz CT molecular complexity index is 729. The second kappa shape index (κ2) is 5.33. The molecule has 2 rings (SSSR count). The van der Waals surface area contributed by atoms with Crippen molar-refractivity contribution < 1.29 is 9.21 Å². The van der Waals surface area contributed by atoms with E-state index in [0.717, 1.165) is 16.8 Å². The SMILES string of the molecule is CC(=O)c1c(Nc2cccc(C)c2C)oc(C)cc1=O. The van der Waals surface area contributed by atoms with Crippen LogP contribution in [-0.4, -0.2) is 5.78 Å². The molecule has 1 aromatic heterocycles. The van der Waals surface area contributed by atoms with Crippen LogP contribution in [0, 0.1) is 20.8 Å². The normalized spacial score (nSPS) is 10.4. The van der Waals surface area contributed by atoms with E-state index in [0.29, 0.717) is 5.76 Å². The first-order chi connectivity index (χ1) is 9.40. The van der Waals surface area contributed by atoms with Gasteiger partial charge in [0.1, 0.15) is 11.3 Å². The molecular formula is C16H17NO3. The maximum Gasteiger partial charge on any atom is 0.212 e. The van der Waals surface area contributed by atoms with Crippen LogP contribution in [0.25, 0.3) is 0 Å². The van der Waals surface area contributed by atoms with Gasteiger partial charge >= 0.3 is 0 Å². The van der Waals surface area contributed by atoms with Gasteiger partial charge in [0.25, 0.3) is 0 Å². The molecule has 0 aliphatic carbocycles. The summed E-state index contributed by atoms with van der Waals surface area (Å²) in [7, 11) is 0. The summed E-state index contributed by atoms with van der Waals surface area (Å²) in [6, 6.07) is 7.12. The average molecular weight is 271 g/mol. The molecule has 0 spiro atoms. The molecule has 0 aliphatic rings. The van der Waals surface area contributed by atoms with Gasteiger partial charge in [-0.1, -0.05) is 12.1 Å². The highest BCUT2D eigenvalue weighted by molar-refractivity contribution is 5.98. The Hall–Kier alpha value is -2.36. The fourth-order valence-electron chi connectivity index (χ4n) is 2.04. The first-order valence-corrected chi connectivity index (χ1v) is 6.39.